The number of ether oxygens (including phenoxy) is 1. The number of allylic oxidation sites excluding steroid dienone is 4. The fourth-order valence-electron chi connectivity index (χ4n) is 4.15. The number of hydrogen-bond donors (Lipinski definition) is 0. The van der Waals surface area contributed by atoms with Crippen molar-refractivity contribution in [1.29, 1.82) is 0 Å². The van der Waals surface area contributed by atoms with Crippen molar-refractivity contribution in [3.8, 4) is 0 Å². The molecule has 6 nitrogen and oxygen atoms in total. The lowest BCUT2D eigenvalue weighted by Crippen LogP contribution is -2.47. The van der Waals surface area contributed by atoms with E-state index in [1.807, 2.05) is 0 Å². The molecule has 0 amide bonds. The molecule has 0 unspecified atom stereocenters. The second-order valence-corrected chi connectivity index (χ2v) is 8.11. The molecular formula is C21H27N5O. The SMILES string of the molecule is CC(C)OC1=CC2=C(CC1)N=C2c1cc(N2CCN(C3CC3)CC2)ncn1. The third-order valence-corrected chi connectivity index (χ3v) is 5.71. The molecule has 0 spiro atoms. The highest BCUT2D eigenvalue weighted by Gasteiger charge is 2.32. The van der Waals surface area contributed by atoms with Crippen LogP contribution in [-0.2, 0) is 4.74 Å². The predicted octanol–water partition coefficient (Wildman–Crippen LogP) is 2.92. The van der Waals surface area contributed by atoms with E-state index < -0.39 is 0 Å². The number of nitrogens with zero attached hydrogens (tertiary/aromatic N) is 5. The summed E-state index contributed by atoms with van der Waals surface area (Å²) >= 11 is 0. The van der Waals surface area contributed by atoms with Crippen LogP contribution in [0.1, 0.15) is 45.2 Å². The minimum absolute atomic E-state index is 0.207. The highest BCUT2D eigenvalue weighted by atomic mass is 16.5. The normalized spacial score (nSPS) is 23.0. The van der Waals surface area contributed by atoms with E-state index in [1.165, 1.54) is 24.1 Å². The molecule has 5 rings (SSSR count). The van der Waals surface area contributed by atoms with Crippen LogP contribution < -0.4 is 4.90 Å². The third-order valence-electron chi connectivity index (χ3n) is 5.71. The van der Waals surface area contributed by atoms with Gasteiger partial charge in [0.05, 0.1) is 29.0 Å². The van der Waals surface area contributed by atoms with Gasteiger partial charge in [0.1, 0.15) is 12.1 Å². The second kappa shape index (κ2) is 6.75. The van der Waals surface area contributed by atoms with E-state index in [-0.39, 0.29) is 6.10 Å². The number of rotatable bonds is 5. The van der Waals surface area contributed by atoms with Gasteiger partial charge in [-0.05, 0) is 39.2 Å². The van der Waals surface area contributed by atoms with Crippen molar-refractivity contribution in [2.75, 3.05) is 31.1 Å². The fourth-order valence-corrected chi connectivity index (χ4v) is 4.15. The Hall–Kier alpha value is -2.21. The molecule has 2 aliphatic carbocycles. The van der Waals surface area contributed by atoms with Crippen molar-refractivity contribution in [2.24, 2.45) is 4.99 Å². The highest BCUT2D eigenvalue weighted by Crippen LogP contribution is 2.35. The predicted molar refractivity (Wildman–Crippen MR) is 106 cm³/mol. The van der Waals surface area contributed by atoms with Crippen LogP contribution in [0.25, 0.3) is 0 Å². The summed E-state index contributed by atoms with van der Waals surface area (Å²) in [7, 11) is 0. The minimum Gasteiger partial charge on any atom is -0.495 e. The average molecular weight is 365 g/mol. The molecule has 142 valence electrons. The van der Waals surface area contributed by atoms with Crippen LogP contribution in [0.4, 0.5) is 5.82 Å². The van der Waals surface area contributed by atoms with Crippen LogP contribution >= 0.6 is 0 Å². The maximum absolute atomic E-state index is 5.91. The Morgan fingerprint density at radius 2 is 1.89 bits per heavy atom. The molecule has 1 saturated carbocycles. The van der Waals surface area contributed by atoms with Gasteiger partial charge in [0.15, 0.2) is 0 Å². The van der Waals surface area contributed by atoms with E-state index >= 15 is 0 Å². The first-order chi connectivity index (χ1) is 13.2. The van der Waals surface area contributed by atoms with Crippen molar-refractivity contribution in [2.45, 2.75) is 51.7 Å². The zero-order valence-corrected chi connectivity index (χ0v) is 16.2. The van der Waals surface area contributed by atoms with E-state index in [4.69, 9.17) is 9.73 Å². The Kier molecular flexibility index (Phi) is 4.23. The largest absolute Gasteiger partial charge is 0.495 e. The fraction of sp³-hybridized carbons (Fsp3) is 0.571. The van der Waals surface area contributed by atoms with E-state index in [0.29, 0.717) is 0 Å². The Morgan fingerprint density at radius 3 is 2.63 bits per heavy atom. The Bertz CT molecular complexity index is 829. The average Bonchev–Trinajstić information content (AvgIpc) is 3.49. The van der Waals surface area contributed by atoms with Gasteiger partial charge in [-0.2, -0.15) is 0 Å². The monoisotopic (exact) mass is 365 g/mol. The first kappa shape index (κ1) is 16.9. The van der Waals surface area contributed by atoms with Crippen LogP contribution in [0, 0.1) is 0 Å². The molecule has 0 radical (unpaired) electrons. The van der Waals surface area contributed by atoms with Crippen molar-refractivity contribution < 1.29 is 4.74 Å². The van der Waals surface area contributed by atoms with E-state index in [2.05, 4.69) is 45.8 Å². The van der Waals surface area contributed by atoms with Crippen LogP contribution in [-0.4, -0.2) is 58.9 Å². The summed E-state index contributed by atoms with van der Waals surface area (Å²) in [6.07, 6.45) is 8.69. The number of aliphatic imine (C=N–C) groups is 1. The summed E-state index contributed by atoms with van der Waals surface area (Å²) in [4.78, 5) is 18.8. The van der Waals surface area contributed by atoms with Gasteiger partial charge in [0, 0.05) is 50.3 Å². The summed E-state index contributed by atoms with van der Waals surface area (Å²) in [5.74, 6) is 2.08. The number of anilines is 1. The van der Waals surface area contributed by atoms with Gasteiger partial charge >= 0.3 is 0 Å². The van der Waals surface area contributed by atoms with Gasteiger partial charge in [0.25, 0.3) is 0 Å². The number of piperazine rings is 1. The molecule has 1 aromatic heterocycles. The van der Waals surface area contributed by atoms with Crippen molar-refractivity contribution >= 4 is 11.5 Å². The zero-order valence-electron chi connectivity index (χ0n) is 16.2. The van der Waals surface area contributed by atoms with E-state index in [1.54, 1.807) is 6.33 Å². The molecule has 2 fully saturated rings. The molecule has 6 heteroatoms. The van der Waals surface area contributed by atoms with Gasteiger partial charge in [0.2, 0.25) is 0 Å². The Labute approximate surface area is 160 Å². The molecule has 1 saturated heterocycles. The third kappa shape index (κ3) is 3.38. The highest BCUT2D eigenvalue weighted by molar-refractivity contribution is 6.18. The standard InChI is InChI=1S/C21H27N5O/c1-14(2)27-16-5-6-18-17(11-16)21(24-18)19-12-20(23-13-22-19)26-9-7-25(8-10-26)15-3-4-15/h11-15H,3-10H2,1-2H3. The van der Waals surface area contributed by atoms with Crippen LogP contribution in [0.5, 0.6) is 0 Å². The van der Waals surface area contributed by atoms with Crippen LogP contribution in [0.2, 0.25) is 0 Å². The molecule has 0 N–H and O–H groups in total. The lowest BCUT2D eigenvalue weighted by molar-refractivity contribution is 0.138. The molecule has 0 atom stereocenters. The maximum atomic E-state index is 5.91. The molecule has 0 bridgehead atoms. The van der Waals surface area contributed by atoms with Crippen molar-refractivity contribution in [1.82, 2.24) is 14.9 Å². The molecule has 3 heterocycles. The molecule has 1 aromatic rings. The first-order valence-corrected chi connectivity index (χ1v) is 10.2. The van der Waals surface area contributed by atoms with E-state index in [9.17, 15) is 0 Å². The van der Waals surface area contributed by atoms with Crippen LogP contribution in [0.15, 0.2) is 40.5 Å². The summed E-state index contributed by atoms with van der Waals surface area (Å²) in [5.41, 5.74) is 4.28. The Balaban J connectivity index is 1.29. The van der Waals surface area contributed by atoms with Crippen LogP contribution in [0.3, 0.4) is 0 Å². The second-order valence-electron chi connectivity index (χ2n) is 8.11. The molecule has 27 heavy (non-hydrogen) atoms. The molecule has 2 aliphatic heterocycles. The lowest BCUT2D eigenvalue weighted by Gasteiger charge is -2.35. The minimum atomic E-state index is 0.207. The molecule has 4 aliphatic rings. The summed E-state index contributed by atoms with van der Waals surface area (Å²) in [6.45, 7) is 8.50. The summed E-state index contributed by atoms with van der Waals surface area (Å²) in [6, 6.07) is 2.95. The lowest BCUT2D eigenvalue weighted by atomic mass is 9.91. The maximum Gasteiger partial charge on any atom is 0.132 e. The number of aromatic nitrogens is 2. The van der Waals surface area contributed by atoms with E-state index in [0.717, 1.165) is 68.0 Å². The topological polar surface area (TPSA) is 53.9 Å². The van der Waals surface area contributed by atoms with Gasteiger partial charge in [-0.25, -0.2) is 15.0 Å². The van der Waals surface area contributed by atoms with Gasteiger partial charge < -0.3 is 9.64 Å². The quantitative estimate of drug-likeness (QED) is 0.803. The first-order valence-electron chi connectivity index (χ1n) is 10.2. The van der Waals surface area contributed by atoms with Gasteiger partial charge in [-0.3, -0.25) is 4.90 Å². The summed E-state index contributed by atoms with van der Waals surface area (Å²) in [5, 5.41) is 0. The van der Waals surface area contributed by atoms with Crippen molar-refractivity contribution in [3.63, 3.8) is 0 Å². The smallest absolute Gasteiger partial charge is 0.132 e. The number of hydrogen-bond acceptors (Lipinski definition) is 6. The summed E-state index contributed by atoms with van der Waals surface area (Å²) < 4.78 is 5.91. The molecular weight excluding hydrogens is 338 g/mol. The zero-order chi connectivity index (χ0) is 18.4. The van der Waals surface area contributed by atoms with Crippen molar-refractivity contribution in [3.05, 3.63) is 41.2 Å². The Morgan fingerprint density at radius 1 is 1.07 bits per heavy atom. The molecule has 0 aromatic carbocycles. The van der Waals surface area contributed by atoms with Gasteiger partial charge in [-0.1, -0.05) is 0 Å². The van der Waals surface area contributed by atoms with Gasteiger partial charge in [-0.15, -0.1) is 0 Å².